The Labute approximate surface area is 238 Å². The predicted molar refractivity (Wildman–Crippen MR) is 152 cm³/mol. The summed E-state index contributed by atoms with van der Waals surface area (Å²) < 4.78 is 60.2. The number of carbonyl (C=O) groups is 1. The molecule has 41 heavy (non-hydrogen) atoms. The van der Waals surface area contributed by atoms with Gasteiger partial charge in [0.05, 0.1) is 27.5 Å². The molecule has 218 valence electrons. The van der Waals surface area contributed by atoms with Crippen molar-refractivity contribution < 1.29 is 31.3 Å². The highest BCUT2D eigenvalue weighted by Gasteiger charge is 2.29. The van der Waals surface area contributed by atoms with Gasteiger partial charge in [0.25, 0.3) is 5.69 Å². The Balaban J connectivity index is 1.28. The van der Waals surface area contributed by atoms with Gasteiger partial charge in [0, 0.05) is 57.0 Å². The zero-order valence-corrected chi connectivity index (χ0v) is 23.7. The molecular formula is C26H29N5O8S2. The molecule has 3 aromatic rings. The Morgan fingerprint density at radius 3 is 2.12 bits per heavy atom. The average molecular weight is 604 g/mol. The minimum absolute atomic E-state index is 0.0945. The monoisotopic (exact) mass is 603 g/mol. The Bertz CT molecular complexity index is 1600. The van der Waals surface area contributed by atoms with E-state index in [2.05, 4.69) is 14.9 Å². The molecule has 1 saturated heterocycles. The van der Waals surface area contributed by atoms with E-state index in [1.54, 1.807) is 7.11 Å². The summed E-state index contributed by atoms with van der Waals surface area (Å²) in [6.07, 6.45) is -0.192. The normalized spacial score (nSPS) is 14.4. The largest absolute Gasteiger partial charge is 0.495 e. The first-order valence-electron chi connectivity index (χ1n) is 12.5. The zero-order chi connectivity index (χ0) is 29.6. The van der Waals surface area contributed by atoms with Crippen molar-refractivity contribution in [2.75, 3.05) is 50.1 Å². The molecule has 0 saturated carbocycles. The van der Waals surface area contributed by atoms with E-state index in [-0.39, 0.29) is 28.4 Å². The van der Waals surface area contributed by atoms with Crippen molar-refractivity contribution >= 4 is 43.0 Å². The van der Waals surface area contributed by atoms with Crippen molar-refractivity contribution in [3.05, 3.63) is 82.9 Å². The van der Waals surface area contributed by atoms with Crippen LogP contribution >= 0.6 is 0 Å². The lowest BCUT2D eigenvalue weighted by atomic mass is 10.2. The van der Waals surface area contributed by atoms with Crippen LogP contribution in [0.3, 0.4) is 0 Å². The Morgan fingerprint density at radius 2 is 1.51 bits per heavy atom. The molecule has 1 aliphatic heterocycles. The molecule has 15 heteroatoms. The van der Waals surface area contributed by atoms with E-state index in [0.29, 0.717) is 31.9 Å². The van der Waals surface area contributed by atoms with E-state index in [1.807, 2.05) is 24.3 Å². The minimum Gasteiger partial charge on any atom is -0.495 e. The first-order chi connectivity index (χ1) is 19.5. The highest BCUT2D eigenvalue weighted by atomic mass is 32.2. The number of anilines is 2. The standard InChI is InChI=1S/C26H29N5O8S2/c1-39-25-5-3-2-4-24(25)29-16-18-30(19-17-29)41(37,38)23-10-6-20(7-11-23)28-26(32)14-15-27-40(35,36)22-12-8-21(9-13-22)31(33)34/h2-13,27H,14-19H2,1H3,(H,28,32). The number of nitro benzene ring substituents is 1. The maximum atomic E-state index is 13.2. The fourth-order valence-corrected chi connectivity index (χ4v) is 6.73. The van der Waals surface area contributed by atoms with Crippen LogP contribution in [0.4, 0.5) is 17.1 Å². The number of piperazine rings is 1. The SMILES string of the molecule is COc1ccccc1N1CCN(S(=O)(=O)c2ccc(NC(=O)CCNS(=O)(=O)c3ccc([N+](=O)[O-])cc3)cc2)CC1. The topological polar surface area (TPSA) is 168 Å². The van der Waals surface area contributed by atoms with Gasteiger partial charge in [0.15, 0.2) is 0 Å². The van der Waals surface area contributed by atoms with Gasteiger partial charge >= 0.3 is 0 Å². The maximum absolute atomic E-state index is 13.2. The van der Waals surface area contributed by atoms with E-state index in [4.69, 9.17) is 4.74 Å². The molecule has 0 spiro atoms. The lowest BCUT2D eigenvalue weighted by Gasteiger charge is -2.35. The molecule has 1 amide bonds. The van der Waals surface area contributed by atoms with Crippen LogP contribution in [0, 0.1) is 10.1 Å². The summed E-state index contributed by atoms with van der Waals surface area (Å²) in [4.78, 5) is 24.4. The van der Waals surface area contributed by atoms with Crippen molar-refractivity contribution in [3.63, 3.8) is 0 Å². The molecule has 4 rings (SSSR count). The van der Waals surface area contributed by atoms with E-state index in [0.717, 1.165) is 35.7 Å². The third-order valence-electron chi connectivity index (χ3n) is 6.44. The highest BCUT2D eigenvalue weighted by Crippen LogP contribution is 2.29. The molecular weight excluding hydrogens is 574 g/mol. The Hall–Kier alpha value is -4.05. The van der Waals surface area contributed by atoms with Crippen LogP contribution in [0.15, 0.2) is 82.6 Å². The van der Waals surface area contributed by atoms with Crippen molar-refractivity contribution in [3.8, 4) is 5.75 Å². The number of amides is 1. The predicted octanol–water partition coefficient (Wildman–Crippen LogP) is 2.42. The molecule has 0 radical (unpaired) electrons. The van der Waals surface area contributed by atoms with Crippen LogP contribution in [0.25, 0.3) is 0 Å². The van der Waals surface area contributed by atoms with Gasteiger partial charge in [0.2, 0.25) is 26.0 Å². The molecule has 1 heterocycles. The number of rotatable bonds is 11. The van der Waals surface area contributed by atoms with Gasteiger partial charge in [-0.25, -0.2) is 21.6 Å². The van der Waals surface area contributed by atoms with Crippen LogP contribution in [-0.2, 0) is 24.8 Å². The third kappa shape index (κ3) is 7.18. The van der Waals surface area contributed by atoms with Gasteiger partial charge in [0.1, 0.15) is 5.75 Å². The molecule has 0 aromatic heterocycles. The van der Waals surface area contributed by atoms with Crippen molar-refractivity contribution in [2.45, 2.75) is 16.2 Å². The Kier molecular flexibility index (Phi) is 9.22. The first-order valence-corrected chi connectivity index (χ1v) is 15.5. The highest BCUT2D eigenvalue weighted by molar-refractivity contribution is 7.89. The van der Waals surface area contributed by atoms with Gasteiger partial charge in [-0.05, 0) is 48.5 Å². The second-order valence-corrected chi connectivity index (χ2v) is 12.7. The van der Waals surface area contributed by atoms with E-state index < -0.39 is 30.9 Å². The summed E-state index contributed by atoms with van der Waals surface area (Å²) in [5.74, 6) is 0.239. The van der Waals surface area contributed by atoms with Crippen molar-refractivity contribution in [1.29, 1.82) is 0 Å². The fraction of sp³-hybridized carbons (Fsp3) is 0.269. The number of non-ortho nitro benzene ring substituents is 1. The number of ether oxygens (including phenoxy) is 1. The van der Waals surface area contributed by atoms with E-state index >= 15 is 0 Å². The molecule has 0 unspecified atom stereocenters. The van der Waals surface area contributed by atoms with E-state index in [9.17, 15) is 31.7 Å². The summed E-state index contributed by atoms with van der Waals surface area (Å²) in [6, 6.07) is 17.7. The van der Waals surface area contributed by atoms with Crippen LogP contribution < -0.4 is 19.7 Å². The van der Waals surface area contributed by atoms with Crippen LogP contribution in [0.1, 0.15) is 6.42 Å². The summed E-state index contributed by atoms with van der Waals surface area (Å²) in [5.41, 5.74) is 1.02. The number of hydrogen-bond donors (Lipinski definition) is 2. The third-order valence-corrected chi connectivity index (χ3v) is 9.83. The van der Waals surface area contributed by atoms with E-state index in [1.165, 1.54) is 28.6 Å². The second-order valence-electron chi connectivity index (χ2n) is 9.03. The van der Waals surface area contributed by atoms with Crippen LogP contribution in [0.2, 0.25) is 0 Å². The molecule has 1 aliphatic rings. The second kappa shape index (κ2) is 12.6. The molecule has 0 atom stereocenters. The number of nitrogens with zero attached hydrogens (tertiary/aromatic N) is 3. The van der Waals surface area contributed by atoms with Gasteiger partial charge in [-0.15, -0.1) is 0 Å². The number of methoxy groups -OCH3 is 1. The number of nitrogens with one attached hydrogen (secondary N) is 2. The molecule has 2 N–H and O–H groups in total. The van der Waals surface area contributed by atoms with Crippen LogP contribution in [0.5, 0.6) is 5.75 Å². The van der Waals surface area contributed by atoms with Gasteiger partial charge in [-0.3, -0.25) is 14.9 Å². The van der Waals surface area contributed by atoms with Gasteiger partial charge < -0.3 is 15.0 Å². The molecule has 13 nitrogen and oxygen atoms in total. The Morgan fingerprint density at radius 1 is 0.902 bits per heavy atom. The number of sulfonamides is 2. The summed E-state index contributed by atoms with van der Waals surface area (Å²) in [7, 11) is -6.11. The summed E-state index contributed by atoms with van der Waals surface area (Å²) in [6.45, 7) is 1.39. The summed E-state index contributed by atoms with van der Waals surface area (Å²) in [5, 5.41) is 13.3. The summed E-state index contributed by atoms with van der Waals surface area (Å²) >= 11 is 0. The van der Waals surface area contributed by atoms with Crippen molar-refractivity contribution in [1.82, 2.24) is 9.03 Å². The first kappa shape index (κ1) is 29.9. The average Bonchev–Trinajstić information content (AvgIpc) is 2.97. The molecule has 3 aromatic carbocycles. The molecule has 0 bridgehead atoms. The van der Waals surface area contributed by atoms with Crippen molar-refractivity contribution in [2.24, 2.45) is 0 Å². The minimum atomic E-state index is -3.96. The molecule has 0 aliphatic carbocycles. The molecule has 1 fully saturated rings. The number of benzene rings is 3. The van der Waals surface area contributed by atoms with Gasteiger partial charge in [-0.2, -0.15) is 4.31 Å². The maximum Gasteiger partial charge on any atom is 0.269 e. The quantitative estimate of drug-likeness (QED) is 0.247. The number of para-hydroxylation sites is 2. The number of carbonyl (C=O) groups excluding carboxylic acids is 1. The lowest BCUT2D eigenvalue weighted by molar-refractivity contribution is -0.384. The van der Waals surface area contributed by atoms with Gasteiger partial charge in [-0.1, -0.05) is 12.1 Å². The number of hydrogen-bond acceptors (Lipinski definition) is 9. The number of nitro groups is 1. The zero-order valence-electron chi connectivity index (χ0n) is 22.1. The fourth-order valence-electron chi connectivity index (χ4n) is 4.27. The lowest BCUT2D eigenvalue weighted by Crippen LogP contribution is -2.48. The smallest absolute Gasteiger partial charge is 0.269 e. The van der Waals surface area contributed by atoms with Crippen LogP contribution in [-0.4, -0.2) is 71.8 Å².